The highest BCUT2D eigenvalue weighted by atomic mass is 16.2. The molecule has 5 heteroatoms. The predicted molar refractivity (Wildman–Crippen MR) is 69.0 cm³/mol. The van der Waals surface area contributed by atoms with Crippen molar-refractivity contribution in [1.29, 1.82) is 5.26 Å². The van der Waals surface area contributed by atoms with Gasteiger partial charge in [0.1, 0.15) is 0 Å². The van der Waals surface area contributed by atoms with Crippen molar-refractivity contribution in [3.8, 4) is 6.07 Å². The molecular weight excluding hydrogens is 228 g/mol. The van der Waals surface area contributed by atoms with Gasteiger partial charge in [0.25, 0.3) is 0 Å². The van der Waals surface area contributed by atoms with Crippen molar-refractivity contribution in [3.05, 3.63) is 35.4 Å². The molecule has 0 heterocycles. The number of amides is 1. The van der Waals surface area contributed by atoms with Crippen molar-refractivity contribution in [3.63, 3.8) is 0 Å². The maximum Gasteiger partial charge on any atom is 0.237 e. The third-order valence-electron chi connectivity index (χ3n) is 2.68. The highest BCUT2D eigenvalue weighted by Gasteiger charge is 2.13. The number of rotatable bonds is 5. The lowest BCUT2D eigenvalue weighted by atomic mass is 10.1. The van der Waals surface area contributed by atoms with E-state index in [4.69, 9.17) is 11.1 Å². The summed E-state index contributed by atoms with van der Waals surface area (Å²) >= 11 is 0. The van der Waals surface area contributed by atoms with E-state index in [1.54, 1.807) is 6.07 Å². The van der Waals surface area contributed by atoms with Crippen LogP contribution in [0.1, 0.15) is 18.1 Å². The number of nitrogens with zero attached hydrogens (tertiary/aromatic N) is 2. The Balaban J connectivity index is 2.56. The van der Waals surface area contributed by atoms with Crippen LogP contribution in [0.5, 0.6) is 0 Å². The zero-order valence-electron chi connectivity index (χ0n) is 10.7. The van der Waals surface area contributed by atoms with Crippen LogP contribution in [0.15, 0.2) is 24.3 Å². The minimum Gasteiger partial charge on any atom is -0.301 e. The molecule has 1 aromatic rings. The smallest absolute Gasteiger partial charge is 0.237 e. The standard InChI is InChI=1S/C13H18N4O/c1-10(13(18)16-15)8-17(2)9-12-5-3-4-11(6-12)7-14/h3-6,10H,8-9,15H2,1-2H3,(H,16,18). The number of hydrazine groups is 1. The van der Waals surface area contributed by atoms with Crippen LogP contribution in [0.2, 0.25) is 0 Å². The average Bonchev–Trinajstić information content (AvgIpc) is 2.37. The third-order valence-corrected chi connectivity index (χ3v) is 2.68. The summed E-state index contributed by atoms with van der Waals surface area (Å²) in [7, 11) is 1.93. The molecule has 0 fully saturated rings. The number of carbonyl (C=O) groups is 1. The Labute approximate surface area is 107 Å². The minimum absolute atomic E-state index is 0.167. The molecule has 0 spiro atoms. The number of carbonyl (C=O) groups excluding carboxylic acids is 1. The zero-order chi connectivity index (χ0) is 13.5. The number of hydrogen-bond acceptors (Lipinski definition) is 4. The van der Waals surface area contributed by atoms with E-state index in [-0.39, 0.29) is 11.8 Å². The van der Waals surface area contributed by atoms with Crippen LogP contribution >= 0.6 is 0 Å². The summed E-state index contributed by atoms with van der Waals surface area (Å²) in [6.07, 6.45) is 0. The normalized spacial score (nSPS) is 11.9. The molecule has 0 radical (unpaired) electrons. The van der Waals surface area contributed by atoms with Gasteiger partial charge in [0.05, 0.1) is 11.6 Å². The molecule has 0 bridgehead atoms. The van der Waals surface area contributed by atoms with Gasteiger partial charge in [-0.15, -0.1) is 0 Å². The van der Waals surface area contributed by atoms with Gasteiger partial charge in [-0.3, -0.25) is 10.2 Å². The van der Waals surface area contributed by atoms with Crippen LogP contribution in [-0.4, -0.2) is 24.4 Å². The number of nitrogens with one attached hydrogen (secondary N) is 1. The van der Waals surface area contributed by atoms with Gasteiger partial charge in [-0.25, -0.2) is 5.84 Å². The topological polar surface area (TPSA) is 82.2 Å². The zero-order valence-corrected chi connectivity index (χ0v) is 10.7. The summed E-state index contributed by atoms with van der Waals surface area (Å²) in [5, 5.41) is 8.82. The Morgan fingerprint density at radius 3 is 2.94 bits per heavy atom. The van der Waals surface area contributed by atoms with Crippen molar-refractivity contribution >= 4 is 5.91 Å². The van der Waals surface area contributed by atoms with Crippen LogP contribution in [0.25, 0.3) is 0 Å². The first-order valence-electron chi connectivity index (χ1n) is 5.75. The largest absolute Gasteiger partial charge is 0.301 e. The summed E-state index contributed by atoms with van der Waals surface area (Å²) in [4.78, 5) is 13.3. The van der Waals surface area contributed by atoms with Crippen molar-refractivity contribution < 1.29 is 4.79 Å². The Hall–Kier alpha value is -1.90. The maximum absolute atomic E-state index is 11.3. The molecular formula is C13H18N4O. The summed E-state index contributed by atoms with van der Waals surface area (Å²) in [5.74, 6) is 4.74. The molecule has 0 saturated carbocycles. The number of nitrogens with two attached hydrogens (primary N) is 1. The lowest BCUT2D eigenvalue weighted by Gasteiger charge is -2.20. The first-order valence-corrected chi connectivity index (χ1v) is 5.75. The monoisotopic (exact) mass is 246 g/mol. The van der Waals surface area contributed by atoms with E-state index in [1.807, 2.05) is 37.1 Å². The number of hydrogen-bond donors (Lipinski definition) is 2. The second-order valence-corrected chi connectivity index (χ2v) is 4.42. The molecule has 0 aliphatic carbocycles. The van der Waals surface area contributed by atoms with Gasteiger partial charge in [-0.2, -0.15) is 5.26 Å². The molecule has 0 aromatic heterocycles. The molecule has 1 atom stereocenters. The number of benzene rings is 1. The van der Waals surface area contributed by atoms with E-state index < -0.39 is 0 Å². The molecule has 96 valence electrons. The van der Waals surface area contributed by atoms with Gasteiger partial charge in [-0.05, 0) is 24.7 Å². The summed E-state index contributed by atoms with van der Waals surface area (Å²) in [6.45, 7) is 3.13. The van der Waals surface area contributed by atoms with Crippen LogP contribution in [0.3, 0.4) is 0 Å². The molecule has 0 aliphatic heterocycles. The first-order chi connectivity index (χ1) is 8.56. The fourth-order valence-electron chi connectivity index (χ4n) is 1.81. The second kappa shape index (κ2) is 6.74. The quantitative estimate of drug-likeness (QED) is 0.453. The molecule has 0 saturated heterocycles. The van der Waals surface area contributed by atoms with Gasteiger partial charge in [-0.1, -0.05) is 19.1 Å². The van der Waals surface area contributed by atoms with Gasteiger partial charge >= 0.3 is 0 Å². The van der Waals surface area contributed by atoms with Crippen molar-refractivity contribution in [2.45, 2.75) is 13.5 Å². The van der Waals surface area contributed by atoms with E-state index in [0.29, 0.717) is 18.7 Å². The lowest BCUT2D eigenvalue weighted by molar-refractivity contribution is -0.125. The molecule has 1 amide bonds. The molecule has 18 heavy (non-hydrogen) atoms. The van der Waals surface area contributed by atoms with Gasteiger partial charge in [0.2, 0.25) is 5.91 Å². The fraction of sp³-hybridized carbons (Fsp3) is 0.385. The van der Waals surface area contributed by atoms with Crippen LogP contribution in [0, 0.1) is 17.2 Å². The third kappa shape index (κ3) is 4.17. The van der Waals surface area contributed by atoms with Gasteiger partial charge in [0, 0.05) is 19.0 Å². The van der Waals surface area contributed by atoms with Crippen LogP contribution in [0.4, 0.5) is 0 Å². The van der Waals surface area contributed by atoms with E-state index in [2.05, 4.69) is 11.5 Å². The fourth-order valence-corrected chi connectivity index (χ4v) is 1.81. The number of nitriles is 1. The van der Waals surface area contributed by atoms with Crippen LogP contribution in [-0.2, 0) is 11.3 Å². The van der Waals surface area contributed by atoms with E-state index >= 15 is 0 Å². The van der Waals surface area contributed by atoms with E-state index in [9.17, 15) is 4.79 Å². The summed E-state index contributed by atoms with van der Waals surface area (Å²) in [5.41, 5.74) is 3.84. The van der Waals surface area contributed by atoms with Crippen molar-refractivity contribution in [2.75, 3.05) is 13.6 Å². The highest BCUT2D eigenvalue weighted by molar-refractivity contribution is 5.77. The summed E-state index contributed by atoms with van der Waals surface area (Å²) < 4.78 is 0. The Morgan fingerprint density at radius 1 is 1.61 bits per heavy atom. The van der Waals surface area contributed by atoms with Crippen molar-refractivity contribution in [1.82, 2.24) is 10.3 Å². The minimum atomic E-state index is -0.173. The van der Waals surface area contributed by atoms with E-state index in [0.717, 1.165) is 5.56 Å². The summed E-state index contributed by atoms with van der Waals surface area (Å²) in [6, 6.07) is 9.55. The van der Waals surface area contributed by atoms with Gasteiger partial charge < -0.3 is 4.90 Å². The maximum atomic E-state index is 11.3. The lowest BCUT2D eigenvalue weighted by Crippen LogP contribution is -2.39. The molecule has 1 aromatic carbocycles. The first kappa shape index (κ1) is 14.2. The highest BCUT2D eigenvalue weighted by Crippen LogP contribution is 2.08. The molecule has 3 N–H and O–H groups in total. The Kier molecular flexibility index (Phi) is 5.31. The SMILES string of the molecule is CC(CN(C)Cc1cccc(C#N)c1)C(=O)NN. The van der Waals surface area contributed by atoms with Crippen molar-refractivity contribution in [2.24, 2.45) is 11.8 Å². The average molecular weight is 246 g/mol. The second-order valence-electron chi connectivity index (χ2n) is 4.42. The van der Waals surface area contributed by atoms with Crippen LogP contribution < -0.4 is 11.3 Å². The van der Waals surface area contributed by atoms with Gasteiger partial charge in [0.15, 0.2) is 0 Å². The molecule has 5 nitrogen and oxygen atoms in total. The Bertz CT molecular complexity index is 453. The molecule has 1 rings (SSSR count). The van der Waals surface area contributed by atoms with E-state index in [1.165, 1.54) is 0 Å². The Morgan fingerprint density at radius 2 is 2.33 bits per heavy atom. The molecule has 1 unspecified atom stereocenters. The predicted octanol–water partition coefficient (Wildman–Crippen LogP) is 0.616. The molecule has 0 aliphatic rings.